The summed E-state index contributed by atoms with van der Waals surface area (Å²) in [6.45, 7) is 4.27. The van der Waals surface area contributed by atoms with Crippen LogP contribution in [0.25, 0.3) is 22.0 Å². The molecule has 1 saturated heterocycles. The molecule has 1 aliphatic rings. The third kappa shape index (κ3) is 7.61. The Morgan fingerprint density at radius 3 is 2.53 bits per heavy atom. The van der Waals surface area contributed by atoms with Crippen molar-refractivity contribution < 1.29 is 32.4 Å². The maximum absolute atomic E-state index is 15.4. The van der Waals surface area contributed by atoms with E-state index in [2.05, 4.69) is 14.9 Å². The van der Waals surface area contributed by atoms with Crippen molar-refractivity contribution in [1.82, 2.24) is 19.4 Å². The van der Waals surface area contributed by atoms with Crippen LogP contribution in [0.4, 0.5) is 4.39 Å². The summed E-state index contributed by atoms with van der Waals surface area (Å²) in [5.41, 5.74) is 2.07. The Morgan fingerprint density at radius 2 is 1.76 bits per heavy atom. The molecule has 45 heavy (non-hydrogen) atoms. The van der Waals surface area contributed by atoms with Gasteiger partial charge in [-0.2, -0.15) is 0 Å². The molecule has 0 saturated carbocycles. The van der Waals surface area contributed by atoms with Gasteiger partial charge in [-0.15, -0.1) is 0 Å². The zero-order valence-corrected chi connectivity index (χ0v) is 25.9. The van der Waals surface area contributed by atoms with Crippen molar-refractivity contribution in [3.05, 3.63) is 107 Å². The number of fused-ring (bicyclic) bond motifs is 1. The molecule has 0 spiro atoms. The molecule has 3 aromatic carbocycles. The molecule has 0 amide bonds. The Kier molecular flexibility index (Phi) is 10.7. The minimum Gasteiger partial charge on any atom is -1.00 e. The normalized spacial score (nSPS) is 13.3. The second-order valence-electron chi connectivity index (χ2n) is 10.9. The molecule has 5 aromatic rings. The Bertz CT molecular complexity index is 1800. The predicted octanol–water partition coefficient (Wildman–Crippen LogP) is 3.82. The largest absolute Gasteiger partial charge is 1.00 e. The van der Waals surface area contributed by atoms with Crippen molar-refractivity contribution in [2.45, 2.75) is 32.2 Å². The van der Waals surface area contributed by atoms with Crippen LogP contribution in [-0.4, -0.2) is 52.8 Å². The van der Waals surface area contributed by atoms with Crippen molar-refractivity contribution in [3.63, 3.8) is 0 Å². The second-order valence-corrected chi connectivity index (χ2v) is 10.9. The van der Waals surface area contributed by atoms with E-state index in [9.17, 15) is 4.79 Å². The van der Waals surface area contributed by atoms with Crippen LogP contribution < -0.4 is 32.2 Å². The van der Waals surface area contributed by atoms with Gasteiger partial charge in [-0.25, -0.2) is 9.37 Å². The molecule has 0 radical (unpaired) electrons. The minimum absolute atomic E-state index is 0. The van der Waals surface area contributed by atoms with Crippen LogP contribution in [0.15, 0.2) is 90.2 Å². The first-order valence-corrected chi connectivity index (χ1v) is 15.0. The molecule has 0 N–H and O–H groups in total. The molecule has 2 aromatic heterocycles. The third-order valence-corrected chi connectivity index (χ3v) is 7.87. The first-order valence-electron chi connectivity index (χ1n) is 15.0. The zero-order valence-electron chi connectivity index (χ0n) is 26.1. The predicted molar refractivity (Wildman–Crippen MR) is 169 cm³/mol. The van der Waals surface area contributed by atoms with Gasteiger partial charge >= 0.3 is 1.43 Å². The van der Waals surface area contributed by atoms with Crippen molar-refractivity contribution in [2.24, 2.45) is 0 Å². The topological polar surface area (TPSA) is 78.7 Å². The number of piperidine rings is 1. The number of pyridine rings is 1. The molecule has 0 atom stereocenters. The number of nitrogens with zero attached hydrogens (tertiary/aromatic N) is 4. The minimum atomic E-state index is -0.606. The average molecular weight is 631 g/mol. The molecular weight excluding hydrogens is 595 g/mol. The van der Waals surface area contributed by atoms with E-state index in [1.165, 1.54) is 48.5 Å². The summed E-state index contributed by atoms with van der Waals surface area (Å²) in [5.74, 6) is 0.988. The number of hydrogen-bond donors (Lipinski definition) is 0. The van der Waals surface area contributed by atoms with E-state index in [1.807, 2.05) is 36.4 Å². The average Bonchev–Trinajstić information content (AvgIpc) is 3.06. The standard InChI is InChI=1S/C35H35FN4O4.ClH/c1-42-33-20-27-30(21-34(33)43-18-8-17-39-15-6-3-7-16-39)38-14-13-31(27)44-32-12-11-26(19-29(32)36)28-22-37-24-40(35(28)41)23-25-9-4-2-5-10-25;/h2,4-5,9-14,19-22,24H,3,6-8,15-18,23H2,1H3;1H. The van der Waals surface area contributed by atoms with E-state index in [-0.39, 0.29) is 25.1 Å². The molecule has 1 aliphatic heterocycles. The number of methoxy groups -OCH3 is 1. The fourth-order valence-corrected chi connectivity index (χ4v) is 5.55. The number of halogens is 2. The summed E-state index contributed by atoms with van der Waals surface area (Å²) in [7, 11) is 1.59. The number of benzene rings is 3. The maximum Gasteiger partial charge on any atom is 1.00 e. The van der Waals surface area contributed by atoms with Crippen molar-refractivity contribution in [1.29, 1.82) is 0 Å². The van der Waals surface area contributed by atoms with E-state index in [0.29, 0.717) is 52.4 Å². The third-order valence-electron chi connectivity index (χ3n) is 7.87. The lowest BCUT2D eigenvalue weighted by Crippen LogP contribution is -3.00. The van der Waals surface area contributed by atoms with Crippen molar-refractivity contribution >= 4 is 10.9 Å². The Morgan fingerprint density at radius 1 is 0.933 bits per heavy atom. The molecule has 0 unspecified atom stereocenters. The Hall–Kier alpha value is -4.47. The number of rotatable bonds is 11. The van der Waals surface area contributed by atoms with Crippen LogP contribution in [0, 0.1) is 5.82 Å². The fourth-order valence-electron chi connectivity index (χ4n) is 5.55. The van der Waals surface area contributed by atoms with E-state index < -0.39 is 5.82 Å². The summed E-state index contributed by atoms with van der Waals surface area (Å²) in [5, 5.41) is 0.657. The summed E-state index contributed by atoms with van der Waals surface area (Å²) in [6, 6.07) is 19.4. The van der Waals surface area contributed by atoms with Crippen molar-refractivity contribution in [3.8, 4) is 34.1 Å². The summed E-state index contributed by atoms with van der Waals surface area (Å²) >= 11 is 0. The second kappa shape index (κ2) is 15.0. The molecule has 10 heteroatoms. The fraction of sp³-hybridized carbons (Fsp3) is 0.286. The number of likely N-dealkylation sites (tertiary alicyclic amines) is 1. The zero-order chi connectivity index (χ0) is 30.3. The molecule has 234 valence electrons. The van der Waals surface area contributed by atoms with E-state index in [1.54, 1.807) is 31.5 Å². The van der Waals surface area contributed by atoms with Gasteiger partial charge in [-0.3, -0.25) is 14.3 Å². The first-order chi connectivity index (χ1) is 21.6. The smallest absolute Gasteiger partial charge is 1.00 e. The van der Waals surface area contributed by atoms with Gasteiger partial charge in [0.2, 0.25) is 0 Å². The van der Waals surface area contributed by atoms with E-state index in [4.69, 9.17) is 14.2 Å². The van der Waals surface area contributed by atoms with Crippen LogP contribution in [0.3, 0.4) is 0 Å². The number of aromatic nitrogens is 3. The summed E-state index contributed by atoms with van der Waals surface area (Å²) in [6.07, 6.45) is 9.33. The van der Waals surface area contributed by atoms with Gasteiger partial charge < -0.3 is 31.5 Å². The molecule has 0 aliphatic carbocycles. The van der Waals surface area contributed by atoms with Crippen LogP contribution in [0.2, 0.25) is 0 Å². The molecular formula is C35H36ClFN4O4. The number of ether oxygens (including phenoxy) is 3. The molecule has 6 rings (SSSR count). The maximum atomic E-state index is 15.4. The van der Waals surface area contributed by atoms with Gasteiger partial charge in [-0.05, 0) is 67.7 Å². The van der Waals surface area contributed by atoms with Crippen molar-refractivity contribution in [2.75, 3.05) is 33.4 Å². The van der Waals surface area contributed by atoms with Gasteiger partial charge in [0.05, 0.1) is 37.7 Å². The van der Waals surface area contributed by atoms with Crippen LogP contribution >= 0.6 is 0 Å². The lowest BCUT2D eigenvalue weighted by Gasteiger charge is -2.26. The van der Waals surface area contributed by atoms with Crippen LogP contribution in [0.5, 0.6) is 23.0 Å². The Labute approximate surface area is 269 Å². The van der Waals surface area contributed by atoms with Gasteiger partial charge in [0.1, 0.15) is 5.75 Å². The van der Waals surface area contributed by atoms with Crippen LogP contribution in [-0.2, 0) is 6.54 Å². The molecule has 1 fully saturated rings. The Balaban J connectivity index is 0.00000240. The first kappa shape index (κ1) is 31.9. The highest BCUT2D eigenvalue weighted by atomic mass is 35.5. The SMILES string of the molecule is COc1cc2c(Oc3ccc(-c4cncn(Cc5ccccc5)c4=O)cc3F)ccnc2cc1OCCCN1CCCCC1.[Cl-].[H+]. The van der Waals surface area contributed by atoms with Gasteiger partial charge in [-0.1, -0.05) is 42.8 Å². The summed E-state index contributed by atoms with van der Waals surface area (Å²) in [4.78, 5) is 24.4. The quantitative estimate of drug-likeness (QED) is 0.205. The monoisotopic (exact) mass is 630 g/mol. The lowest BCUT2D eigenvalue weighted by molar-refractivity contribution is -0.0000105. The van der Waals surface area contributed by atoms with Gasteiger partial charge in [0.25, 0.3) is 5.56 Å². The van der Waals surface area contributed by atoms with Crippen LogP contribution in [0.1, 0.15) is 32.7 Å². The van der Waals surface area contributed by atoms with Gasteiger partial charge in [0.15, 0.2) is 23.1 Å². The molecule has 0 bridgehead atoms. The lowest BCUT2D eigenvalue weighted by atomic mass is 10.1. The molecule has 3 heterocycles. The summed E-state index contributed by atoms with van der Waals surface area (Å²) < 4.78 is 34.7. The highest BCUT2D eigenvalue weighted by Gasteiger charge is 2.16. The number of hydrogen-bond acceptors (Lipinski definition) is 7. The van der Waals surface area contributed by atoms with E-state index >= 15 is 4.39 Å². The highest BCUT2D eigenvalue weighted by molar-refractivity contribution is 5.88. The highest BCUT2D eigenvalue weighted by Crippen LogP contribution is 2.38. The van der Waals surface area contributed by atoms with E-state index in [0.717, 1.165) is 31.6 Å². The van der Waals surface area contributed by atoms with Gasteiger partial charge in [0, 0.05) is 30.4 Å². The molecule has 8 nitrogen and oxygen atoms in total.